The molecule has 0 amide bonds. The van der Waals surface area contributed by atoms with Crippen LogP contribution in [0.15, 0.2) is 0 Å². The monoisotopic (exact) mass is 257 g/mol. The predicted octanol–water partition coefficient (Wildman–Crippen LogP) is 2.46. The van der Waals surface area contributed by atoms with Crippen molar-refractivity contribution in [1.82, 2.24) is 4.90 Å². The molecule has 2 aliphatic rings. The van der Waals surface area contributed by atoms with Gasteiger partial charge >= 0.3 is 5.97 Å². The molecule has 1 saturated carbocycles. The zero-order valence-electron chi connectivity index (χ0n) is 10.6. The summed E-state index contributed by atoms with van der Waals surface area (Å²) in [6.45, 7) is 3.36. The minimum Gasteiger partial charge on any atom is -0.481 e. The fourth-order valence-corrected chi connectivity index (χ4v) is 4.49. The summed E-state index contributed by atoms with van der Waals surface area (Å²) >= 11 is 2.06. The van der Waals surface area contributed by atoms with E-state index in [2.05, 4.69) is 23.6 Å². The molecule has 0 spiro atoms. The summed E-state index contributed by atoms with van der Waals surface area (Å²) in [5.41, 5.74) is 0. The first-order valence-electron chi connectivity index (χ1n) is 6.78. The number of carboxylic acid groups (broad SMARTS) is 1. The summed E-state index contributed by atoms with van der Waals surface area (Å²) < 4.78 is 0. The van der Waals surface area contributed by atoms with Crippen LogP contribution in [0.3, 0.4) is 0 Å². The minimum atomic E-state index is -0.595. The van der Waals surface area contributed by atoms with Crippen molar-refractivity contribution in [2.75, 3.05) is 18.1 Å². The van der Waals surface area contributed by atoms with Gasteiger partial charge in [0, 0.05) is 17.8 Å². The van der Waals surface area contributed by atoms with Crippen LogP contribution in [-0.4, -0.2) is 46.1 Å². The van der Waals surface area contributed by atoms with Crippen molar-refractivity contribution in [2.45, 2.75) is 51.1 Å². The Balaban J connectivity index is 1.87. The summed E-state index contributed by atoms with van der Waals surface area (Å²) in [5, 5.41) is 9.01. The molecule has 1 saturated heterocycles. The lowest BCUT2D eigenvalue weighted by molar-refractivity contribution is -0.143. The van der Waals surface area contributed by atoms with E-state index < -0.39 is 5.97 Å². The van der Waals surface area contributed by atoms with Gasteiger partial charge in [0.2, 0.25) is 0 Å². The van der Waals surface area contributed by atoms with Crippen LogP contribution in [0, 0.1) is 5.92 Å². The molecular formula is C13H23NO2S. The van der Waals surface area contributed by atoms with Gasteiger partial charge in [-0.1, -0.05) is 6.92 Å². The van der Waals surface area contributed by atoms with E-state index in [0.29, 0.717) is 6.04 Å². The quantitative estimate of drug-likeness (QED) is 0.840. The molecule has 98 valence electrons. The Labute approximate surface area is 108 Å². The molecule has 0 bridgehead atoms. The number of nitrogens with zero attached hydrogens (tertiary/aromatic N) is 1. The maximum atomic E-state index is 10.9. The van der Waals surface area contributed by atoms with E-state index in [1.54, 1.807) is 0 Å². The molecule has 1 N–H and O–H groups in total. The number of carboxylic acids is 1. The topological polar surface area (TPSA) is 40.5 Å². The van der Waals surface area contributed by atoms with E-state index >= 15 is 0 Å². The van der Waals surface area contributed by atoms with Gasteiger partial charge in [-0.25, -0.2) is 0 Å². The average molecular weight is 257 g/mol. The summed E-state index contributed by atoms with van der Waals surface area (Å²) in [4.78, 5) is 13.6. The van der Waals surface area contributed by atoms with Crippen LogP contribution >= 0.6 is 11.8 Å². The molecule has 2 rings (SSSR count). The first kappa shape index (κ1) is 13.2. The predicted molar refractivity (Wildman–Crippen MR) is 71.5 cm³/mol. The number of carbonyl (C=O) groups is 1. The third kappa shape index (κ3) is 3.16. The highest BCUT2D eigenvalue weighted by Gasteiger charge is 2.32. The second kappa shape index (κ2) is 6.10. The van der Waals surface area contributed by atoms with Gasteiger partial charge in [-0.3, -0.25) is 9.69 Å². The third-order valence-corrected chi connectivity index (χ3v) is 5.40. The van der Waals surface area contributed by atoms with Crippen LogP contribution < -0.4 is 0 Å². The van der Waals surface area contributed by atoms with Gasteiger partial charge in [0.05, 0.1) is 5.92 Å². The lowest BCUT2D eigenvalue weighted by atomic mass is 9.85. The Hall–Kier alpha value is -0.220. The zero-order chi connectivity index (χ0) is 12.3. The zero-order valence-corrected chi connectivity index (χ0v) is 11.4. The van der Waals surface area contributed by atoms with Crippen LogP contribution in [0.4, 0.5) is 0 Å². The van der Waals surface area contributed by atoms with Crippen molar-refractivity contribution in [1.29, 1.82) is 0 Å². The molecule has 1 aliphatic heterocycles. The SMILES string of the molecule is CCN(C1CCC(C(=O)O)CC1)[C@H]1CCSC1. The van der Waals surface area contributed by atoms with E-state index in [0.717, 1.165) is 38.3 Å². The number of thioether (sulfide) groups is 1. The summed E-state index contributed by atoms with van der Waals surface area (Å²) in [5.74, 6) is 1.89. The number of rotatable bonds is 4. The van der Waals surface area contributed by atoms with Gasteiger partial charge in [0.15, 0.2) is 0 Å². The first-order chi connectivity index (χ1) is 8.22. The Morgan fingerprint density at radius 2 is 1.94 bits per heavy atom. The minimum absolute atomic E-state index is 0.0806. The highest BCUT2D eigenvalue weighted by Crippen LogP contribution is 2.32. The standard InChI is InChI=1S/C13H23NO2S/c1-2-14(12-7-8-17-9-12)11-5-3-10(4-6-11)13(15)16/h10-12H,2-9H2,1H3,(H,15,16)/t10?,11?,12-/m0/s1. The third-order valence-electron chi connectivity index (χ3n) is 4.25. The van der Waals surface area contributed by atoms with E-state index in [-0.39, 0.29) is 5.92 Å². The van der Waals surface area contributed by atoms with Gasteiger partial charge in [-0.15, -0.1) is 0 Å². The first-order valence-corrected chi connectivity index (χ1v) is 7.94. The second-order valence-electron chi connectivity index (χ2n) is 5.19. The lowest BCUT2D eigenvalue weighted by Gasteiger charge is -2.38. The second-order valence-corrected chi connectivity index (χ2v) is 6.34. The largest absolute Gasteiger partial charge is 0.481 e. The molecular weight excluding hydrogens is 234 g/mol. The highest BCUT2D eigenvalue weighted by molar-refractivity contribution is 7.99. The van der Waals surface area contributed by atoms with E-state index in [1.165, 1.54) is 17.9 Å². The Kier molecular flexibility index (Phi) is 4.74. The molecule has 2 fully saturated rings. The molecule has 0 aromatic rings. The van der Waals surface area contributed by atoms with Crippen molar-refractivity contribution in [3.05, 3.63) is 0 Å². The average Bonchev–Trinajstić information content (AvgIpc) is 2.84. The highest BCUT2D eigenvalue weighted by atomic mass is 32.2. The molecule has 0 aromatic carbocycles. The lowest BCUT2D eigenvalue weighted by Crippen LogP contribution is -2.45. The van der Waals surface area contributed by atoms with E-state index in [4.69, 9.17) is 5.11 Å². The molecule has 1 atom stereocenters. The van der Waals surface area contributed by atoms with Gasteiger partial charge < -0.3 is 5.11 Å². The maximum absolute atomic E-state index is 10.9. The van der Waals surface area contributed by atoms with Crippen LogP contribution in [-0.2, 0) is 4.79 Å². The van der Waals surface area contributed by atoms with Gasteiger partial charge in [-0.05, 0) is 44.4 Å². The number of aliphatic carboxylic acids is 1. The van der Waals surface area contributed by atoms with E-state index in [1.807, 2.05) is 0 Å². The Morgan fingerprint density at radius 1 is 1.24 bits per heavy atom. The fraction of sp³-hybridized carbons (Fsp3) is 0.923. The van der Waals surface area contributed by atoms with Crippen molar-refractivity contribution < 1.29 is 9.90 Å². The van der Waals surface area contributed by atoms with Gasteiger partial charge in [0.1, 0.15) is 0 Å². The molecule has 0 unspecified atom stereocenters. The Morgan fingerprint density at radius 3 is 2.41 bits per heavy atom. The van der Waals surface area contributed by atoms with Crippen molar-refractivity contribution in [3.63, 3.8) is 0 Å². The van der Waals surface area contributed by atoms with Crippen molar-refractivity contribution in [2.24, 2.45) is 5.92 Å². The molecule has 1 heterocycles. The van der Waals surface area contributed by atoms with E-state index in [9.17, 15) is 4.79 Å². The summed E-state index contributed by atoms with van der Waals surface area (Å²) in [6, 6.07) is 1.38. The van der Waals surface area contributed by atoms with Gasteiger partial charge in [0.25, 0.3) is 0 Å². The molecule has 4 heteroatoms. The molecule has 0 radical (unpaired) electrons. The Bertz CT molecular complexity index is 258. The van der Waals surface area contributed by atoms with Crippen molar-refractivity contribution in [3.8, 4) is 0 Å². The van der Waals surface area contributed by atoms with Crippen LogP contribution in [0.1, 0.15) is 39.0 Å². The number of hydrogen-bond donors (Lipinski definition) is 1. The van der Waals surface area contributed by atoms with Crippen LogP contribution in [0.5, 0.6) is 0 Å². The molecule has 17 heavy (non-hydrogen) atoms. The van der Waals surface area contributed by atoms with Crippen molar-refractivity contribution >= 4 is 17.7 Å². The summed E-state index contributed by atoms with van der Waals surface area (Å²) in [7, 11) is 0. The maximum Gasteiger partial charge on any atom is 0.306 e. The molecule has 1 aliphatic carbocycles. The fourth-order valence-electron chi connectivity index (χ4n) is 3.25. The smallest absolute Gasteiger partial charge is 0.306 e. The normalized spacial score (nSPS) is 34.1. The van der Waals surface area contributed by atoms with Gasteiger partial charge in [-0.2, -0.15) is 11.8 Å². The number of hydrogen-bond acceptors (Lipinski definition) is 3. The summed E-state index contributed by atoms with van der Waals surface area (Å²) in [6.07, 6.45) is 5.21. The van der Waals surface area contributed by atoms with Crippen LogP contribution in [0.25, 0.3) is 0 Å². The molecule has 0 aromatic heterocycles. The van der Waals surface area contributed by atoms with Crippen LogP contribution in [0.2, 0.25) is 0 Å². The molecule has 3 nitrogen and oxygen atoms in total.